The number of nitrogens with one attached hydrogen (secondary N) is 2. The molecule has 0 fully saturated rings. The molecule has 0 aliphatic rings. The summed E-state index contributed by atoms with van der Waals surface area (Å²) in [6.07, 6.45) is 1.64. The van der Waals surface area contributed by atoms with Gasteiger partial charge >= 0.3 is 0 Å². The zero-order chi connectivity index (χ0) is 17.8. The Hall–Kier alpha value is -1.67. The number of nitro benzene ring substituents is 1. The zero-order valence-electron chi connectivity index (χ0n) is 14.2. The molecular weight excluding hydrogens is 318 g/mol. The lowest BCUT2D eigenvalue weighted by Crippen LogP contribution is -2.40. The van der Waals surface area contributed by atoms with Crippen LogP contribution < -0.4 is 10.0 Å². The second-order valence-electron chi connectivity index (χ2n) is 6.45. The van der Waals surface area contributed by atoms with Gasteiger partial charge in [-0.2, -0.15) is 0 Å². The first-order valence-corrected chi connectivity index (χ1v) is 9.07. The third-order valence-corrected chi connectivity index (χ3v) is 5.02. The van der Waals surface area contributed by atoms with Crippen molar-refractivity contribution in [3.8, 4) is 0 Å². The van der Waals surface area contributed by atoms with Gasteiger partial charge in [-0.1, -0.05) is 13.8 Å². The molecule has 0 unspecified atom stereocenters. The largest absolute Gasteiger partial charge is 0.377 e. The Morgan fingerprint density at radius 1 is 1.22 bits per heavy atom. The Kier molecular flexibility index (Phi) is 6.12. The maximum absolute atomic E-state index is 12.3. The van der Waals surface area contributed by atoms with Crippen molar-refractivity contribution in [2.24, 2.45) is 0 Å². The van der Waals surface area contributed by atoms with Gasteiger partial charge < -0.3 is 5.32 Å². The van der Waals surface area contributed by atoms with Crippen LogP contribution >= 0.6 is 0 Å². The number of anilines is 1. The van der Waals surface area contributed by atoms with Crippen molar-refractivity contribution < 1.29 is 13.3 Å². The summed E-state index contributed by atoms with van der Waals surface area (Å²) in [4.78, 5) is 10.6. The zero-order valence-corrected chi connectivity index (χ0v) is 15.0. The maximum atomic E-state index is 12.3. The lowest BCUT2D eigenvalue weighted by Gasteiger charge is -2.21. The molecular formula is C15H25N3O4S. The molecule has 0 aliphatic carbocycles. The molecule has 7 nitrogen and oxygen atoms in total. The van der Waals surface area contributed by atoms with E-state index in [2.05, 4.69) is 10.0 Å². The van der Waals surface area contributed by atoms with Crippen molar-refractivity contribution in [2.75, 3.05) is 5.32 Å². The molecule has 0 bridgehead atoms. The smallest absolute Gasteiger partial charge is 0.293 e. The summed E-state index contributed by atoms with van der Waals surface area (Å²) in [6.45, 7) is 9.10. The fraction of sp³-hybridized carbons (Fsp3) is 0.600. The molecule has 0 atom stereocenters. The number of benzene rings is 1. The summed E-state index contributed by atoms with van der Waals surface area (Å²) >= 11 is 0. The molecule has 23 heavy (non-hydrogen) atoms. The summed E-state index contributed by atoms with van der Waals surface area (Å²) in [6, 6.07) is 4.03. The van der Waals surface area contributed by atoms with Crippen LogP contribution in [0.1, 0.15) is 47.5 Å². The SMILES string of the molecule is CCC(CC)Nc1ccc(S(=O)(=O)NC(C)(C)C)cc1[N+](=O)[O-]. The van der Waals surface area contributed by atoms with Crippen LogP contribution in [0.4, 0.5) is 11.4 Å². The highest BCUT2D eigenvalue weighted by atomic mass is 32.2. The summed E-state index contributed by atoms with van der Waals surface area (Å²) in [7, 11) is -3.81. The molecule has 130 valence electrons. The predicted molar refractivity (Wildman–Crippen MR) is 91.2 cm³/mol. The van der Waals surface area contributed by atoms with E-state index in [-0.39, 0.29) is 16.6 Å². The third-order valence-electron chi connectivity index (χ3n) is 3.26. The van der Waals surface area contributed by atoms with Gasteiger partial charge in [-0.25, -0.2) is 13.1 Å². The summed E-state index contributed by atoms with van der Waals surface area (Å²) in [5.41, 5.74) is -0.577. The van der Waals surface area contributed by atoms with Crippen LogP contribution in [0.2, 0.25) is 0 Å². The second kappa shape index (κ2) is 7.27. The van der Waals surface area contributed by atoms with E-state index in [0.717, 1.165) is 18.9 Å². The monoisotopic (exact) mass is 343 g/mol. The highest BCUT2D eigenvalue weighted by Gasteiger charge is 2.25. The minimum atomic E-state index is -3.81. The number of hydrogen-bond donors (Lipinski definition) is 2. The molecule has 2 N–H and O–H groups in total. The highest BCUT2D eigenvalue weighted by molar-refractivity contribution is 7.89. The maximum Gasteiger partial charge on any atom is 0.293 e. The van der Waals surface area contributed by atoms with Crippen LogP contribution in [-0.2, 0) is 10.0 Å². The van der Waals surface area contributed by atoms with Gasteiger partial charge in [-0.05, 0) is 45.7 Å². The van der Waals surface area contributed by atoms with E-state index in [1.165, 1.54) is 12.1 Å². The standard InChI is InChI=1S/C15H25N3O4S/c1-6-11(7-2)16-13-9-8-12(10-14(13)18(19)20)23(21,22)17-15(3,4)5/h8-11,16-17H,6-7H2,1-5H3. The van der Waals surface area contributed by atoms with Gasteiger partial charge in [0.2, 0.25) is 10.0 Å². The van der Waals surface area contributed by atoms with E-state index in [9.17, 15) is 18.5 Å². The Morgan fingerprint density at radius 3 is 2.22 bits per heavy atom. The van der Waals surface area contributed by atoms with Gasteiger partial charge in [0.1, 0.15) is 5.69 Å². The van der Waals surface area contributed by atoms with Crippen LogP contribution in [-0.4, -0.2) is 24.9 Å². The lowest BCUT2D eigenvalue weighted by atomic mass is 10.1. The Labute approximate surface area is 137 Å². The number of nitro groups is 1. The Morgan fingerprint density at radius 2 is 1.78 bits per heavy atom. The molecule has 8 heteroatoms. The van der Waals surface area contributed by atoms with Gasteiger partial charge in [0.15, 0.2) is 0 Å². The van der Waals surface area contributed by atoms with Gasteiger partial charge in [-0.3, -0.25) is 10.1 Å². The van der Waals surface area contributed by atoms with E-state index >= 15 is 0 Å². The van der Waals surface area contributed by atoms with Crippen LogP contribution in [0, 0.1) is 10.1 Å². The van der Waals surface area contributed by atoms with Crippen molar-refractivity contribution in [2.45, 2.75) is 63.9 Å². The molecule has 0 spiro atoms. The minimum Gasteiger partial charge on any atom is -0.377 e. The van der Waals surface area contributed by atoms with Crippen LogP contribution in [0.3, 0.4) is 0 Å². The molecule has 0 saturated heterocycles. The van der Waals surface area contributed by atoms with Crippen molar-refractivity contribution >= 4 is 21.4 Å². The van der Waals surface area contributed by atoms with Crippen molar-refractivity contribution in [1.82, 2.24) is 4.72 Å². The Balaban J connectivity index is 3.26. The summed E-state index contributed by atoms with van der Waals surface area (Å²) < 4.78 is 27.1. The first kappa shape index (κ1) is 19.4. The number of sulfonamides is 1. The minimum absolute atomic E-state index is 0.101. The average Bonchev–Trinajstić information content (AvgIpc) is 2.41. The fourth-order valence-electron chi connectivity index (χ4n) is 2.13. The molecule has 1 aromatic rings. The molecule has 1 rings (SSSR count). The van der Waals surface area contributed by atoms with Crippen LogP contribution in [0.15, 0.2) is 23.1 Å². The second-order valence-corrected chi connectivity index (χ2v) is 8.13. The van der Waals surface area contributed by atoms with Crippen molar-refractivity contribution in [1.29, 1.82) is 0 Å². The van der Waals surface area contributed by atoms with E-state index < -0.39 is 20.5 Å². The number of hydrogen-bond acceptors (Lipinski definition) is 5. The highest BCUT2D eigenvalue weighted by Crippen LogP contribution is 2.29. The van der Waals surface area contributed by atoms with Crippen LogP contribution in [0.5, 0.6) is 0 Å². The first-order chi connectivity index (χ1) is 10.5. The quantitative estimate of drug-likeness (QED) is 0.584. The molecule has 0 amide bonds. The first-order valence-electron chi connectivity index (χ1n) is 7.59. The normalized spacial score (nSPS) is 12.4. The van der Waals surface area contributed by atoms with Crippen LogP contribution in [0.25, 0.3) is 0 Å². The fourth-order valence-corrected chi connectivity index (χ4v) is 3.56. The van der Waals surface area contributed by atoms with Crippen molar-refractivity contribution in [3.63, 3.8) is 0 Å². The van der Waals surface area contributed by atoms with Gasteiger partial charge in [0, 0.05) is 17.6 Å². The molecule has 0 saturated carbocycles. The van der Waals surface area contributed by atoms with Gasteiger partial charge in [-0.15, -0.1) is 0 Å². The van der Waals surface area contributed by atoms with E-state index in [4.69, 9.17) is 0 Å². The molecule has 0 aliphatic heterocycles. The van der Waals surface area contributed by atoms with E-state index in [0.29, 0.717) is 5.69 Å². The Bertz CT molecular complexity index is 662. The summed E-state index contributed by atoms with van der Waals surface area (Å²) in [5.74, 6) is 0. The molecule has 0 radical (unpaired) electrons. The predicted octanol–water partition coefficient (Wildman–Crippen LogP) is 3.27. The number of nitrogens with zero attached hydrogens (tertiary/aromatic N) is 1. The van der Waals surface area contributed by atoms with Crippen molar-refractivity contribution in [3.05, 3.63) is 28.3 Å². The van der Waals surface area contributed by atoms with E-state index in [1.807, 2.05) is 13.8 Å². The molecule has 0 aromatic heterocycles. The lowest BCUT2D eigenvalue weighted by molar-refractivity contribution is -0.384. The van der Waals surface area contributed by atoms with Gasteiger partial charge in [0.25, 0.3) is 5.69 Å². The molecule has 1 aromatic carbocycles. The topological polar surface area (TPSA) is 101 Å². The van der Waals surface area contributed by atoms with E-state index in [1.54, 1.807) is 20.8 Å². The average molecular weight is 343 g/mol. The number of rotatable bonds is 7. The summed E-state index contributed by atoms with van der Waals surface area (Å²) in [5, 5.41) is 14.4. The van der Waals surface area contributed by atoms with Gasteiger partial charge in [0.05, 0.1) is 9.82 Å². The molecule has 0 heterocycles. The third kappa shape index (κ3) is 5.47.